The highest BCUT2D eigenvalue weighted by molar-refractivity contribution is 6.01. The van der Waals surface area contributed by atoms with Crippen LogP contribution in [0.5, 0.6) is 11.8 Å². The Hall–Kier alpha value is -3.71. The first-order valence-corrected chi connectivity index (χ1v) is 17.4. The number of rotatable bonds is 13. The van der Waals surface area contributed by atoms with E-state index in [9.17, 15) is 5.11 Å². The van der Waals surface area contributed by atoms with E-state index in [1.165, 1.54) is 13.2 Å². The van der Waals surface area contributed by atoms with Gasteiger partial charge >= 0.3 is 6.01 Å². The molecule has 2 aromatic carbocycles. The van der Waals surface area contributed by atoms with Crippen molar-refractivity contribution in [3.8, 4) is 23.0 Å². The number of aromatic nitrogens is 3. The molecule has 12 heteroatoms. The van der Waals surface area contributed by atoms with Gasteiger partial charge in [0.25, 0.3) is 0 Å². The summed E-state index contributed by atoms with van der Waals surface area (Å²) in [5, 5.41) is 15.2. The minimum atomic E-state index is -0.655. The van der Waals surface area contributed by atoms with E-state index in [1.807, 2.05) is 6.92 Å². The van der Waals surface area contributed by atoms with Crippen LogP contribution in [-0.2, 0) is 11.2 Å². The fourth-order valence-electron chi connectivity index (χ4n) is 8.27. The first kappa shape index (κ1) is 33.8. The Morgan fingerprint density at radius 2 is 1.92 bits per heavy atom. The summed E-state index contributed by atoms with van der Waals surface area (Å²) < 4.78 is 49.5. The Balaban J connectivity index is 1.34. The summed E-state index contributed by atoms with van der Waals surface area (Å²) in [6.07, 6.45) is 9.04. The highest BCUT2D eigenvalue weighted by atomic mass is 19.1. The fourth-order valence-corrected chi connectivity index (χ4v) is 8.27. The zero-order valence-electron chi connectivity index (χ0n) is 28.8. The van der Waals surface area contributed by atoms with Crippen LogP contribution in [0.2, 0.25) is 0 Å². The molecule has 2 aromatic heterocycles. The minimum Gasteiger partial charge on any atom is -0.468 e. The Morgan fingerprint density at radius 3 is 2.63 bits per heavy atom. The highest BCUT2D eigenvalue weighted by Crippen LogP contribution is 2.43. The number of pyridine rings is 1. The van der Waals surface area contributed by atoms with Crippen molar-refractivity contribution in [1.82, 2.24) is 24.8 Å². The number of anilines is 1. The van der Waals surface area contributed by atoms with Gasteiger partial charge in [0.05, 0.1) is 17.5 Å². The highest BCUT2D eigenvalue weighted by Gasteiger charge is 2.49. The van der Waals surface area contributed by atoms with Crippen LogP contribution in [0.15, 0.2) is 30.5 Å². The molecule has 0 spiro atoms. The maximum atomic E-state index is 17.1. The van der Waals surface area contributed by atoms with Gasteiger partial charge in [0.1, 0.15) is 35.2 Å². The molecule has 2 aliphatic heterocycles. The number of nitrogens with zero attached hydrogens (tertiary/aromatic N) is 5. The number of aliphatic hydroxyl groups excluding tert-OH is 1. The van der Waals surface area contributed by atoms with Crippen molar-refractivity contribution in [2.45, 2.75) is 75.4 Å². The van der Waals surface area contributed by atoms with Crippen molar-refractivity contribution in [1.29, 1.82) is 0 Å². The second-order valence-corrected chi connectivity index (χ2v) is 14.0. The summed E-state index contributed by atoms with van der Waals surface area (Å²) in [4.78, 5) is 18.7. The molecule has 0 radical (unpaired) electrons. The number of aliphatic hydroxyl groups is 1. The normalized spacial score (nSPS) is 21.8. The summed E-state index contributed by atoms with van der Waals surface area (Å²) >= 11 is 0. The second kappa shape index (κ2) is 13.5. The van der Waals surface area contributed by atoms with E-state index < -0.39 is 5.82 Å². The quantitative estimate of drug-likeness (QED) is 0.166. The topological polar surface area (TPSA) is 105 Å². The Kier molecular flexibility index (Phi) is 9.33. The number of halogens is 2. The molecule has 3 fully saturated rings. The molecule has 4 heterocycles. The molecule has 2 N–H and O–H groups in total. The van der Waals surface area contributed by atoms with Crippen molar-refractivity contribution >= 4 is 27.5 Å². The monoisotopic (exact) mass is 676 g/mol. The Labute approximate surface area is 285 Å². The summed E-state index contributed by atoms with van der Waals surface area (Å²) in [6, 6.07) is 6.76. The van der Waals surface area contributed by atoms with E-state index in [0.29, 0.717) is 58.4 Å². The van der Waals surface area contributed by atoms with E-state index in [0.717, 1.165) is 51.5 Å². The van der Waals surface area contributed by atoms with Crippen LogP contribution in [0.25, 0.3) is 32.9 Å². The van der Waals surface area contributed by atoms with Gasteiger partial charge in [-0.3, -0.25) is 9.88 Å². The second-order valence-electron chi connectivity index (χ2n) is 14.0. The van der Waals surface area contributed by atoms with Gasteiger partial charge in [0, 0.05) is 37.0 Å². The lowest BCUT2D eigenvalue weighted by molar-refractivity contribution is 0.0512. The summed E-state index contributed by atoms with van der Waals surface area (Å²) in [7, 11) is 5.68. The fraction of sp³-hybridized carbons (Fsp3) is 0.541. The van der Waals surface area contributed by atoms with Crippen LogP contribution in [0.4, 0.5) is 14.6 Å². The van der Waals surface area contributed by atoms with E-state index in [1.54, 1.807) is 24.4 Å². The maximum Gasteiger partial charge on any atom is 0.319 e. The van der Waals surface area contributed by atoms with E-state index in [-0.39, 0.29) is 53.6 Å². The molecule has 10 nitrogen and oxygen atoms in total. The van der Waals surface area contributed by atoms with Gasteiger partial charge in [-0.1, -0.05) is 13.0 Å². The predicted molar refractivity (Wildman–Crippen MR) is 185 cm³/mol. The van der Waals surface area contributed by atoms with Crippen molar-refractivity contribution in [2.24, 2.45) is 0 Å². The summed E-state index contributed by atoms with van der Waals surface area (Å²) in [6.45, 7) is 3.86. The number of aryl methyl sites for hydroxylation is 1. The number of hydrogen-bond donors (Lipinski definition) is 2. The van der Waals surface area contributed by atoms with Gasteiger partial charge in [-0.25, -0.2) is 8.78 Å². The van der Waals surface area contributed by atoms with Gasteiger partial charge in [0.2, 0.25) is 0 Å². The van der Waals surface area contributed by atoms with Crippen LogP contribution in [-0.4, -0.2) is 101 Å². The van der Waals surface area contributed by atoms with Gasteiger partial charge in [-0.05, 0) is 107 Å². The zero-order chi connectivity index (χ0) is 34.3. The largest absolute Gasteiger partial charge is 0.468 e. The molecular formula is C37H46F2N6O4. The Bertz CT molecular complexity index is 1850. The van der Waals surface area contributed by atoms with Gasteiger partial charge in [-0.15, -0.1) is 0 Å². The van der Waals surface area contributed by atoms with Crippen molar-refractivity contribution in [3.05, 3.63) is 47.7 Å². The van der Waals surface area contributed by atoms with Crippen LogP contribution in [0.3, 0.4) is 0 Å². The summed E-state index contributed by atoms with van der Waals surface area (Å²) in [5.41, 5.74) is 0.730. The third-order valence-electron chi connectivity index (χ3n) is 11.3. The van der Waals surface area contributed by atoms with E-state index >= 15 is 8.78 Å². The molecule has 4 aromatic rings. The van der Waals surface area contributed by atoms with Crippen LogP contribution < -0.4 is 14.8 Å². The SMILES string of the molecule is CCc1c(F)ccc2cc(OCOC)cc(-c3ncc4c(NCC5(N(C)C)CCC5)nc(OC[C@]56CCCN5[C@@H](CO)CC6)nc4c3F)c12. The third-order valence-corrected chi connectivity index (χ3v) is 11.3. The summed E-state index contributed by atoms with van der Waals surface area (Å²) in [5.74, 6) is -0.124. The van der Waals surface area contributed by atoms with Gasteiger partial charge in [-0.2, -0.15) is 9.97 Å². The molecule has 2 saturated heterocycles. The number of nitrogens with one attached hydrogen (secondary N) is 1. The first-order valence-electron chi connectivity index (χ1n) is 17.4. The third kappa shape index (κ3) is 5.96. The molecule has 1 aliphatic carbocycles. The van der Waals surface area contributed by atoms with E-state index in [4.69, 9.17) is 19.2 Å². The molecular weight excluding hydrogens is 630 g/mol. The lowest BCUT2D eigenvalue weighted by Crippen LogP contribution is -2.54. The average molecular weight is 677 g/mol. The molecule has 3 aliphatic rings. The molecule has 1 saturated carbocycles. The van der Waals surface area contributed by atoms with E-state index in [2.05, 4.69) is 39.2 Å². The number of hydrogen-bond acceptors (Lipinski definition) is 10. The number of benzene rings is 2. The first-order chi connectivity index (χ1) is 23.7. The maximum absolute atomic E-state index is 17.1. The molecule has 0 amide bonds. The molecule has 262 valence electrons. The number of fused-ring (bicyclic) bond motifs is 3. The van der Waals surface area contributed by atoms with Crippen molar-refractivity contribution < 1.29 is 28.1 Å². The van der Waals surface area contributed by atoms with Crippen LogP contribution in [0.1, 0.15) is 57.4 Å². The van der Waals surface area contributed by atoms with Crippen LogP contribution >= 0.6 is 0 Å². The van der Waals surface area contributed by atoms with Gasteiger partial charge in [0.15, 0.2) is 12.6 Å². The standard InChI is InChI=1S/C37H46F2N6O4/c1-5-26-29(38)9-8-23-16-25(49-22-47-4)17-27(30(23)26)32-31(39)33-28(18-40-32)34(41-20-36(44(2)3)11-6-12-36)43-35(42-33)48-21-37-13-7-15-45(37)24(19-46)10-14-37/h8-9,16-18,24,46H,5-7,10-15,19-22H2,1-4H3,(H,41,42,43)/t24-,37-/m1/s1. The van der Waals surface area contributed by atoms with Gasteiger partial charge < -0.3 is 29.5 Å². The zero-order valence-corrected chi connectivity index (χ0v) is 28.8. The van der Waals surface area contributed by atoms with Crippen molar-refractivity contribution in [2.75, 3.05) is 59.6 Å². The average Bonchev–Trinajstić information content (AvgIpc) is 3.65. The molecule has 0 unspecified atom stereocenters. The smallest absolute Gasteiger partial charge is 0.319 e. The Morgan fingerprint density at radius 1 is 1.08 bits per heavy atom. The lowest BCUT2D eigenvalue weighted by Gasteiger charge is -2.47. The molecule has 7 rings (SSSR count). The minimum absolute atomic E-state index is 0.00420. The lowest BCUT2D eigenvalue weighted by atomic mass is 9.75. The van der Waals surface area contributed by atoms with Crippen molar-refractivity contribution in [3.63, 3.8) is 0 Å². The molecule has 0 bridgehead atoms. The van der Waals surface area contributed by atoms with Crippen LogP contribution in [0, 0.1) is 11.6 Å². The number of ether oxygens (including phenoxy) is 3. The molecule has 2 atom stereocenters. The number of methoxy groups -OCH3 is 1. The molecule has 49 heavy (non-hydrogen) atoms. The number of likely N-dealkylation sites (N-methyl/N-ethyl adjacent to an activating group) is 1. The predicted octanol–water partition coefficient (Wildman–Crippen LogP) is 5.93.